The highest BCUT2D eigenvalue weighted by atomic mass is 32.2. The number of ether oxygens (including phenoxy) is 1. The van der Waals surface area contributed by atoms with Crippen molar-refractivity contribution in [3.63, 3.8) is 0 Å². The van der Waals surface area contributed by atoms with Gasteiger partial charge in [0, 0.05) is 22.5 Å². The molecular weight excluding hydrogens is 843 g/mol. The number of rotatable bonds is 11. The first-order valence-electron chi connectivity index (χ1n) is 17.1. The molecule has 0 aliphatic heterocycles. The Hall–Kier alpha value is -7.01. The highest BCUT2D eigenvalue weighted by Gasteiger charge is 2.35. The van der Waals surface area contributed by atoms with Gasteiger partial charge in [-0.2, -0.15) is 35.5 Å². The van der Waals surface area contributed by atoms with Crippen molar-refractivity contribution >= 4 is 88.2 Å². The molecule has 2 aliphatic carbocycles. The molecule has 306 valence electrons. The van der Waals surface area contributed by atoms with E-state index < -0.39 is 68.0 Å². The molecule has 0 unspecified atom stereocenters. The van der Waals surface area contributed by atoms with Gasteiger partial charge in [0.1, 0.15) is 27.0 Å². The van der Waals surface area contributed by atoms with E-state index >= 15 is 0 Å². The Balaban J connectivity index is 1.14. The molecule has 0 aromatic heterocycles. The van der Waals surface area contributed by atoms with Crippen LogP contribution in [0.25, 0.3) is 23.3 Å². The summed E-state index contributed by atoms with van der Waals surface area (Å²) in [6.07, 6.45) is 1.86. The van der Waals surface area contributed by atoms with E-state index in [0.29, 0.717) is 16.8 Å². The molecule has 0 bridgehead atoms. The van der Waals surface area contributed by atoms with Gasteiger partial charge in [0.05, 0.1) is 23.4 Å². The molecule has 0 saturated carbocycles. The number of hydrogen-bond acceptors (Lipinski definition) is 15. The average molecular weight is 872 g/mol. The molecule has 0 atom stereocenters. The molecule has 0 saturated heterocycles. The van der Waals surface area contributed by atoms with Crippen LogP contribution in [0, 0.1) is 0 Å². The molecule has 0 radical (unpaired) electrons. The van der Waals surface area contributed by atoms with E-state index in [1.165, 1.54) is 43.5 Å². The fraction of sp³-hybridized carbons (Fsp3) is 0.0256. The number of phenolic OH excluding ortho intramolecular Hbond substituents is 1. The maximum Gasteiger partial charge on any atom is 0.298 e. The van der Waals surface area contributed by atoms with Gasteiger partial charge in [-0.3, -0.25) is 34.1 Å². The molecule has 0 heterocycles. The van der Waals surface area contributed by atoms with E-state index in [0.717, 1.165) is 36.0 Å². The second-order valence-corrected chi connectivity index (χ2v) is 17.1. The number of para-hydroxylation sites is 1. The molecule has 0 fully saturated rings. The molecule has 21 heteroatoms. The number of hydrazone groups is 2. The van der Waals surface area contributed by atoms with Gasteiger partial charge in [-0.25, -0.2) is 0 Å². The van der Waals surface area contributed by atoms with Crippen LogP contribution in [0.2, 0.25) is 0 Å². The van der Waals surface area contributed by atoms with Crippen molar-refractivity contribution in [3.05, 3.63) is 135 Å². The van der Waals surface area contributed by atoms with Crippen LogP contribution >= 0.6 is 0 Å². The number of allylic oxidation sites excluding steroid dienone is 2. The van der Waals surface area contributed by atoms with Crippen LogP contribution in [0.4, 0.5) is 22.7 Å². The molecule has 7 rings (SSSR count). The molecule has 0 spiro atoms. The van der Waals surface area contributed by atoms with Crippen molar-refractivity contribution < 1.29 is 58.3 Å². The minimum Gasteiger partial charge on any atom is -0.506 e. The lowest BCUT2D eigenvalue weighted by atomic mass is 9.94. The van der Waals surface area contributed by atoms with Crippen LogP contribution in [0.1, 0.15) is 27.0 Å². The highest BCUT2D eigenvalue weighted by molar-refractivity contribution is 7.91. The van der Waals surface area contributed by atoms with Crippen molar-refractivity contribution in [1.82, 2.24) is 0 Å². The summed E-state index contributed by atoms with van der Waals surface area (Å²) < 4.78 is 107. The number of aromatic hydroxyl groups is 1. The maximum atomic E-state index is 13.6. The number of carbonyl (C=O) groups is 2. The summed E-state index contributed by atoms with van der Waals surface area (Å²) in [5.74, 6) is -2.27. The summed E-state index contributed by atoms with van der Waals surface area (Å²) in [4.78, 5) is 24.3. The van der Waals surface area contributed by atoms with Gasteiger partial charge in [0.2, 0.25) is 11.6 Å². The van der Waals surface area contributed by atoms with Crippen molar-refractivity contribution in [1.29, 1.82) is 0 Å². The molecule has 18 nitrogen and oxygen atoms in total. The van der Waals surface area contributed by atoms with E-state index in [4.69, 9.17) is 4.74 Å². The molecule has 60 heavy (non-hydrogen) atoms. The van der Waals surface area contributed by atoms with E-state index in [2.05, 4.69) is 26.4 Å². The monoisotopic (exact) mass is 871 g/mol. The van der Waals surface area contributed by atoms with Crippen molar-refractivity contribution in [3.8, 4) is 22.6 Å². The van der Waals surface area contributed by atoms with Crippen LogP contribution < -0.4 is 20.9 Å². The Morgan fingerprint density at radius 2 is 1.20 bits per heavy atom. The maximum absolute atomic E-state index is 13.6. The van der Waals surface area contributed by atoms with Crippen molar-refractivity contribution in [2.24, 2.45) is 10.2 Å². The molecular formula is C39H29N5O13S3. The number of benzene rings is 5. The van der Waals surface area contributed by atoms with E-state index in [1.54, 1.807) is 18.2 Å². The third-order valence-corrected chi connectivity index (χ3v) is 11.6. The number of phenols is 1. The summed E-state index contributed by atoms with van der Waals surface area (Å²) >= 11 is 0. The number of fused-ring (bicyclic) bond motifs is 2. The second kappa shape index (κ2) is 15.6. The first-order valence-corrected chi connectivity index (χ1v) is 21.4. The molecule has 5 aromatic rings. The van der Waals surface area contributed by atoms with Gasteiger partial charge in [-0.05, 0) is 95.1 Å². The first-order chi connectivity index (χ1) is 28.3. The summed E-state index contributed by atoms with van der Waals surface area (Å²) in [7, 11) is -13.4. The third-order valence-electron chi connectivity index (χ3n) is 9.06. The van der Waals surface area contributed by atoms with Gasteiger partial charge >= 0.3 is 0 Å². The minimum atomic E-state index is -5.10. The fourth-order valence-corrected chi connectivity index (χ4v) is 7.96. The minimum absolute atomic E-state index is 0.0228. The Bertz CT molecular complexity index is 3130. The quantitative estimate of drug-likeness (QED) is 0.0484. The third kappa shape index (κ3) is 8.42. The van der Waals surface area contributed by atoms with Gasteiger partial charge < -0.3 is 15.2 Å². The van der Waals surface area contributed by atoms with Gasteiger partial charge in [-0.15, -0.1) is 0 Å². The van der Waals surface area contributed by atoms with Crippen LogP contribution in [-0.4, -0.2) is 74.1 Å². The smallest absolute Gasteiger partial charge is 0.298 e. The Morgan fingerprint density at radius 1 is 0.567 bits per heavy atom. The lowest BCUT2D eigenvalue weighted by Gasteiger charge is -2.18. The van der Waals surface area contributed by atoms with E-state index in [-0.39, 0.29) is 45.1 Å². The zero-order valence-electron chi connectivity index (χ0n) is 30.6. The van der Waals surface area contributed by atoms with E-state index in [9.17, 15) is 53.6 Å². The van der Waals surface area contributed by atoms with Crippen LogP contribution in [-0.2, 0) is 35.1 Å². The predicted octanol–water partition coefficient (Wildman–Crippen LogP) is 5.58. The predicted molar refractivity (Wildman–Crippen MR) is 222 cm³/mol. The number of nitrogens with zero attached hydrogens (tertiary/aromatic N) is 2. The Morgan fingerprint density at radius 3 is 1.85 bits per heavy atom. The molecule has 5 aromatic carbocycles. The summed E-state index contributed by atoms with van der Waals surface area (Å²) in [5, 5.41) is 22.1. The Kier molecular flexibility index (Phi) is 10.7. The fourth-order valence-electron chi connectivity index (χ4n) is 6.18. The number of carbonyl (C=O) groups excluding carboxylic acids is 2. The topological polar surface area (TPSA) is 288 Å². The molecule has 7 N–H and O–H groups in total. The van der Waals surface area contributed by atoms with Gasteiger partial charge in [0.25, 0.3) is 30.4 Å². The number of hydrogen-bond donors (Lipinski definition) is 7. The lowest BCUT2D eigenvalue weighted by Crippen LogP contribution is -2.27. The van der Waals surface area contributed by atoms with Crippen LogP contribution in [0.5, 0.6) is 11.5 Å². The Labute approximate surface area is 341 Å². The average Bonchev–Trinajstić information content (AvgIpc) is 3.19. The zero-order valence-corrected chi connectivity index (χ0v) is 33.0. The zero-order chi connectivity index (χ0) is 43.1. The first kappa shape index (κ1) is 41.2. The lowest BCUT2D eigenvalue weighted by molar-refractivity contribution is -0.109. The second-order valence-electron chi connectivity index (χ2n) is 12.9. The number of anilines is 4. The van der Waals surface area contributed by atoms with Gasteiger partial charge in [-0.1, -0.05) is 42.5 Å². The largest absolute Gasteiger partial charge is 0.506 e. The van der Waals surface area contributed by atoms with Crippen molar-refractivity contribution in [2.75, 3.05) is 23.3 Å². The number of methoxy groups -OCH3 is 1. The van der Waals surface area contributed by atoms with Crippen LogP contribution in [0.15, 0.2) is 128 Å². The standard InChI is InChI=1S/C39H29N5O13S3/c1-57-33-17-22(9-14-31(33)42-43-36-28-12-11-27(58(48,49)50)15-24(28)19-35(39(36)47)60(54,55)56)21-8-13-30(32(45)16-21)41-44-37-34(59(51,52)53)18-23-7-10-26(20-29(23)38(37)46)40-25-5-3-2-4-6-25/h2-20,40-42,45H,1H3,(H,48,49,50)(H,51,52,53)(H,54,55,56)/b43-36?,44-37-. The summed E-state index contributed by atoms with van der Waals surface area (Å²) in [6.45, 7) is 0. The van der Waals surface area contributed by atoms with Crippen LogP contribution in [0.3, 0.4) is 0 Å². The summed E-state index contributed by atoms with van der Waals surface area (Å²) in [6, 6.07) is 25.6. The van der Waals surface area contributed by atoms with Gasteiger partial charge in [0.15, 0.2) is 5.71 Å². The molecule has 0 amide bonds. The SMILES string of the molecule is COc1cc(-c2ccc(N/N=C3\C(=O)c4cc(Nc5ccccc5)ccc4C=C3S(=O)(=O)O)c(O)c2)ccc1NN=C1C(=O)C(S(=O)(=O)O)=Cc2cc(S(=O)(=O)O)ccc21. The normalized spacial score (nSPS) is 15.5. The summed E-state index contributed by atoms with van der Waals surface area (Å²) in [5.41, 5.74) is 6.40. The van der Waals surface area contributed by atoms with E-state index in [1.807, 2.05) is 30.3 Å². The molecule has 2 aliphatic rings. The number of ketones is 2. The number of Topliss-reactive ketones (excluding diaryl/α,β-unsaturated/α-hetero) is 2. The highest BCUT2D eigenvalue weighted by Crippen LogP contribution is 2.36. The number of nitrogens with one attached hydrogen (secondary N) is 3. The van der Waals surface area contributed by atoms with Crippen molar-refractivity contribution in [2.45, 2.75) is 4.90 Å².